The van der Waals surface area contributed by atoms with Crippen molar-refractivity contribution < 1.29 is 9.13 Å². The van der Waals surface area contributed by atoms with Crippen molar-refractivity contribution in [1.82, 2.24) is 0 Å². The first-order valence-corrected chi connectivity index (χ1v) is 20.1. The van der Waals surface area contributed by atoms with Gasteiger partial charge in [-0.3, -0.25) is 0 Å². The van der Waals surface area contributed by atoms with Crippen LogP contribution in [0.2, 0.25) is 0 Å². The molecule has 0 amide bonds. The largest absolute Gasteiger partial charge is 0.310 e. The fourth-order valence-corrected chi connectivity index (χ4v) is 9.92. The van der Waals surface area contributed by atoms with Gasteiger partial charge in [-0.2, -0.15) is 0 Å². The van der Waals surface area contributed by atoms with Gasteiger partial charge in [0, 0.05) is 41.8 Å². The van der Waals surface area contributed by atoms with Crippen LogP contribution in [0, 0.1) is 0 Å². The molecule has 0 fully saturated rings. The van der Waals surface area contributed by atoms with Crippen LogP contribution in [0.5, 0.6) is 0 Å². The second kappa shape index (κ2) is 13.3. The number of nitrogens with zero attached hydrogens (tertiary/aromatic N) is 3. The molecule has 57 heavy (non-hydrogen) atoms. The SMILES string of the molecule is C=CC1=C(/C=C\C)c2cc3c(cc2C1(C)C)Cc1ccc(-c2cccc(N4c5cccc(-c6cccc[n+]6C)c5Cc5c(-c6cccc[n+]6C)cccc54)c2)cc1-3. The quantitative estimate of drug-likeness (QED) is 0.155. The Morgan fingerprint density at radius 1 is 0.596 bits per heavy atom. The van der Waals surface area contributed by atoms with Crippen LogP contribution >= 0.6 is 0 Å². The van der Waals surface area contributed by atoms with Gasteiger partial charge >= 0.3 is 0 Å². The Morgan fingerprint density at radius 3 is 1.86 bits per heavy atom. The molecule has 7 aromatic rings. The van der Waals surface area contributed by atoms with Crippen LogP contribution < -0.4 is 14.0 Å². The Morgan fingerprint density at radius 2 is 1.23 bits per heavy atom. The zero-order valence-electron chi connectivity index (χ0n) is 33.5. The van der Waals surface area contributed by atoms with E-state index in [2.05, 4.69) is 213 Å². The molecule has 0 atom stereocenters. The molecular formula is C54H47N3+2. The summed E-state index contributed by atoms with van der Waals surface area (Å²) >= 11 is 0. The smallest absolute Gasteiger partial charge is 0.212 e. The van der Waals surface area contributed by atoms with Crippen molar-refractivity contribution in [3.8, 4) is 44.8 Å². The van der Waals surface area contributed by atoms with E-state index in [0.717, 1.165) is 18.5 Å². The molecule has 1 aliphatic heterocycles. The lowest BCUT2D eigenvalue weighted by Crippen LogP contribution is -2.31. The van der Waals surface area contributed by atoms with Gasteiger partial charge < -0.3 is 4.90 Å². The molecule has 3 heterocycles. The van der Waals surface area contributed by atoms with E-state index in [0.29, 0.717) is 0 Å². The lowest BCUT2D eigenvalue weighted by molar-refractivity contribution is -0.660. The first-order chi connectivity index (χ1) is 27.8. The van der Waals surface area contributed by atoms with E-state index >= 15 is 0 Å². The molecule has 2 aromatic heterocycles. The Balaban J connectivity index is 1.12. The van der Waals surface area contributed by atoms with Crippen molar-refractivity contribution in [2.24, 2.45) is 14.1 Å². The van der Waals surface area contributed by atoms with E-state index in [1.807, 2.05) is 0 Å². The van der Waals surface area contributed by atoms with E-state index in [1.54, 1.807) is 0 Å². The average Bonchev–Trinajstić information content (AvgIpc) is 3.69. The first kappa shape index (κ1) is 34.9. The van der Waals surface area contributed by atoms with Crippen LogP contribution in [0.4, 0.5) is 17.1 Å². The number of aryl methyl sites for hydroxylation is 2. The van der Waals surface area contributed by atoms with Gasteiger partial charge in [-0.25, -0.2) is 9.13 Å². The monoisotopic (exact) mass is 737 g/mol. The number of pyridine rings is 2. The predicted molar refractivity (Wildman–Crippen MR) is 236 cm³/mol. The van der Waals surface area contributed by atoms with E-state index in [9.17, 15) is 0 Å². The minimum Gasteiger partial charge on any atom is -0.310 e. The molecule has 0 N–H and O–H groups in total. The second-order valence-electron chi connectivity index (χ2n) is 16.3. The summed E-state index contributed by atoms with van der Waals surface area (Å²) in [4.78, 5) is 2.50. The van der Waals surface area contributed by atoms with Crippen molar-refractivity contribution >= 4 is 22.6 Å². The van der Waals surface area contributed by atoms with Crippen LogP contribution in [0.25, 0.3) is 50.3 Å². The molecular weight excluding hydrogens is 691 g/mol. The summed E-state index contributed by atoms with van der Waals surface area (Å²) in [5, 5.41) is 0. The summed E-state index contributed by atoms with van der Waals surface area (Å²) in [6.45, 7) is 11.0. The van der Waals surface area contributed by atoms with Gasteiger partial charge in [0.2, 0.25) is 11.4 Å². The number of fused-ring (bicyclic) bond motifs is 6. The summed E-state index contributed by atoms with van der Waals surface area (Å²) in [6, 6.07) is 47.7. The van der Waals surface area contributed by atoms with Crippen molar-refractivity contribution in [1.29, 1.82) is 0 Å². The van der Waals surface area contributed by atoms with Crippen LogP contribution in [0.1, 0.15) is 54.2 Å². The molecule has 3 aliphatic rings. The number of benzene rings is 5. The fraction of sp³-hybridized carbons (Fsp3) is 0.148. The third-order valence-corrected chi connectivity index (χ3v) is 12.7. The first-order valence-electron chi connectivity index (χ1n) is 20.1. The molecule has 0 saturated carbocycles. The summed E-state index contributed by atoms with van der Waals surface area (Å²) in [5.41, 5.74) is 24.4. The fourth-order valence-electron chi connectivity index (χ4n) is 9.92. The van der Waals surface area contributed by atoms with Gasteiger partial charge in [0.15, 0.2) is 12.4 Å². The number of anilines is 3. The molecule has 3 nitrogen and oxygen atoms in total. The van der Waals surface area contributed by atoms with E-state index in [-0.39, 0.29) is 5.41 Å². The van der Waals surface area contributed by atoms with Gasteiger partial charge in [0.25, 0.3) is 0 Å². The van der Waals surface area contributed by atoms with E-state index < -0.39 is 0 Å². The average molecular weight is 738 g/mol. The second-order valence-corrected chi connectivity index (χ2v) is 16.3. The normalized spacial score (nSPS) is 14.6. The predicted octanol–water partition coefficient (Wildman–Crippen LogP) is 12.1. The van der Waals surface area contributed by atoms with Crippen molar-refractivity contribution in [2.75, 3.05) is 4.90 Å². The molecule has 5 aromatic carbocycles. The molecule has 276 valence electrons. The number of hydrogen-bond acceptors (Lipinski definition) is 1. The standard InChI is InChI=1S/C54H47N3/c1-7-16-40-45-33-44-38(32-49(45)54(3,4)48(40)8-2)29-37-26-25-36(31-43(37)44)35-17-13-18-39(30-35)57-52-23-14-19-41(50-21-9-11-27-55(50)5)46(52)34-47-42(20-15-24-53(47)57)51-22-10-12-28-56(51)6/h7-28,30-33H,2,29,34H2,1,3-6H3/q+2/b16-7-. The van der Waals surface area contributed by atoms with Crippen LogP contribution in [0.3, 0.4) is 0 Å². The van der Waals surface area contributed by atoms with Crippen LogP contribution in [-0.4, -0.2) is 0 Å². The zero-order valence-corrected chi connectivity index (χ0v) is 33.5. The van der Waals surface area contributed by atoms with Gasteiger partial charge in [0.05, 0.1) is 22.5 Å². The number of aromatic nitrogens is 2. The third-order valence-electron chi connectivity index (χ3n) is 12.7. The Hall–Kier alpha value is -6.58. The van der Waals surface area contributed by atoms with Crippen molar-refractivity contribution in [3.63, 3.8) is 0 Å². The number of hydrogen-bond donors (Lipinski definition) is 0. The topological polar surface area (TPSA) is 11.0 Å². The van der Waals surface area contributed by atoms with Crippen molar-refractivity contribution in [2.45, 2.75) is 39.0 Å². The summed E-state index contributed by atoms with van der Waals surface area (Å²) in [5.74, 6) is 0. The molecule has 2 aliphatic carbocycles. The van der Waals surface area contributed by atoms with E-state index in [1.165, 1.54) is 101 Å². The Bertz CT molecular complexity index is 2790. The van der Waals surface area contributed by atoms with Crippen LogP contribution in [-0.2, 0) is 32.4 Å². The van der Waals surface area contributed by atoms with Gasteiger partial charge in [-0.05, 0) is 141 Å². The zero-order chi connectivity index (χ0) is 39.0. The lowest BCUT2D eigenvalue weighted by atomic mass is 9.80. The molecule has 3 heteroatoms. The minimum absolute atomic E-state index is 0.0773. The molecule has 0 unspecified atom stereocenters. The summed E-state index contributed by atoms with van der Waals surface area (Å²) < 4.78 is 4.46. The van der Waals surface area contributed by atoms with Gasteiger partial charge in [-0.15, -0.1) is 0 Å². The highest BCUT2D eigenvalue weighted by Gasteiger charge is 2.37. The summed E-state index contributed by atoms with van der Waals surface area (Å²) in [6.07, 6.45) is 12.5. The highest BCUT2D eigenvalue weighted by Crippen LogP contribution is 2.52. The lowest BCUT2D eigenvalue weighted by Gasteiger charge is -2.35. The van der Waals surface area contributed by atoms with Gasteiger partial charge in [-0.1, -0.05) is 81.1 Å². The minimum atomic E-state index is -0.0773. The van der Waals surface area contributed by atoms with E-state index in [4.69, 9.17) is 0 Å². The molecule has 10 rings (SSSR count). The molecule has 0 bridgehead atoms. The van der Waals surface area contributed by atoms with Crippen molar-refractivity contribution in [3.05, 3.63) is 204 Å². The number of rotatable bonds is 6. The molecule has 0 spiro atoms. The maximum atomic E-state index is 4.23. The maximum Gasteiger partial charge on any atom is 0.212 e. The maximum absolute atomic E-state index is 4.23. The Labute approximate surface area is 336 Å². The van der Waals surface area contributed by atoms with Gasteiger partial charge in [0.1, 0.15) is 14.1 Å². The summed E-state index contributed by atoms with van der Waals surface area (Å²) in [7, 11) is 4.28. The molecule has 0 radical (unpaired) electrons. The number of allylic oxidation sites excluding steroid dienone is 5. The van der Waals surface area contributed by atoms with Crippen LogP contribution in [0.15, 0.2) is 170 Å². The third kappa shape index (κ3) is 5.40. The Kier molecular flexibility index (Phi) is 8.12. The highest BCUT2D eigenvalue weighted by atomic mass is 15.2. The highest BCUT2D eigenvalue weighted by molar-refractivity contribution is 5.94. The molecule has 0 saturated heterocycles.